The fourth-order valence-electron chi connectivity index (χ4n) is 3.70. The number of benzene rings is 1. The summed E-state index contributed by atoms with van der Waals surface area (Å²) in [6, 6.07) is 9.14. The lowest BCUT2D eigenvalue weighted by Gasteiger charge is -2.32. The molecular weight excluding hydrogens is 358 g/mol. The third kappa shape index (κ3) is 4.35. The van der Waals surface area contributed by atoms with Gasteiger partial charge in [-0.1, -0.05) is 25.1 Å². The maximum absolute atomic E-state index is 13.3. The van der Waals surface area contributed by atoms with E-state index in [1.165, 1.54) is 6.20 Å². The largest absolute Gasteiger partial charge is 0.511 e. The minimum absolute atomic E-state index is 0.0181. The number of carbonyl (C=O) groups is 2. The average Bonchev–Trinajstić information content (AvgIpc) is 3.05. The molecule has 0 saturated heterocycles. The van der Waals surface area contributed by atoms with E-state index < -0.39 is 6.16 Å². The second-order valence-corrected chi connectivity index (χ2v) is 7.72. The van der Waals surface area contributed by atoms with Crippen LogP contribution in [0.3, 0.4) is 0 Å². The highest BCUT2D eigenvalue weighted by Gasteiger charge is 2.33. The molecule has 7 heteroatoms. The van der Waals surface area contributed by atoms with E-state index >= 15 is 0 Å². The molecule has 1 aromatic heterocycles. The van der Waals surface area contributed by atoms with Crippen LogP contribution in [0.25, 0.3) is 5.69 Å². The predicted octanol–water partition coefficient (Wildman–Crippen LogP) is 4.50. The van der Waals surface area contributed by atoms with Crippen molar-refractivity contribution in [3.8, 4) is 11.4 Å². The molecule has 28 heavy (non-hydrogen) atoms. The minimum atomic E-state index is -1.43. The Labute approximate surface area is 164 Å². The summed E-state index contributed by atoms with van der Waals surface area (Å²) in [5.41, 5.74) is 0.756. The molecule has 1 amide bonds. The van der Waals surface area contributed by atoms with Gasteiger partial charge < -0.3 is 9.84 Å². The molecule has 0 aliphatic heterocycles. The Hall–Kier alpha value is -2.83. The number of anilines is 1. The molecule has 0 bridgehead atoms. The summed E-state index contributed by atoms with van der Waals surface area (Å²) in [6.45, 7) is 6.01. The number of amides is 1. The van der Waals surface area contributed by atoms with E-state index in [4.69, 9.17) is 9.84 Å². The first-order valence-electron chi connectivity index (χ1n) is 9.75. The number of para-hydroxylation sites is 1. The van der Waals surface area contributed by atoms with Crippen molar-refractivity contribution in [3.63, 3.8) is 0 Å². The van der Waals surface area contributed by atoms with Gasteiger partial charge >= 0.3 is 6.16 Å². The molecule has 2 aromatic rings. The van der Waals surface area contributed by atoms with Gasteiger partial charge in [-0.05, 0) is 57.6 Å². The van der Waals surface area contributed by atoms with E-state index in [0.717, 1.165) is 31.4 Å². The van der Waals surface area contributed by atoms with E-state index in [0.29, 0.717) is 5.92 Å². The summed E-state index contributed by atoms with van der Waals surface area (Å²) < 4.78 is 6.51. The van der Waals surface area contributed by atoms with Crippen LogP contribution in [0.1, 0.15) is 46.5 Å². The molecule has 0 spiro atoms. The lowest BCUT2D eigenvalue weighted by Crippen LogP contribution is -2.42. The highest BCUT2D eigenvalue weighted by atomic mass is 16.7. The summed E-state index contributed by atoms with van der Waals surface area (Å²) in [5.74, 6) is 0.848. The summed E-state index contributed by atoms with van der Waals surface area (Å²) >= 11 is 0. The van der Waals surface area contributed by atoms with Gasteiger partial charge in [-0.3, -0.25) is 9.69 Å². The standard InChI is InChI=1S/C21H27N3O4/c1-14(2)24(20(25)16-11-9-15(3)10-12-16)19-18(28-21(26)27)13-23(22-19)17-7-5-4-6-8-17/h4-8,13-16H,9-12H2,1-3H3,(H,26,27). The van der Waals surface area contributed by atoms with Crippen LogP contribution < -0.4 is 9.64 Å². The molecule has 1 aliphatic rings. The van der Waals surface area contributed by atoms with Gasteiger partial charge in [0.2, 0.25) is 11.7 Å². The first-order valence-corrected chi connectivity index (χ1v) is 9.75. The predicted molar refractivity (Wildman–Crippen MR) is 106 cm³/mol. The Morgan fingerprint density at radius 3 is 2.39 bits per heavy atom. The van der Waals surface area contributed by atoms with Crippen LogP contribution in [0.5, 0.6) is 5.75 Å². The van der Waals surface area contributed by atoms with E-state index in [1.54, 1.807) is 9.58 Å². The summed E-state index contributed by atoms with van der Waals surface area (Å²) in [7, 11) is 0. The maximum atomic E-state index is 13.3. The Morgan fingerprint density at radius 2 is 1.82 bits per heavy atom. The first-order chi connectivity index (χ1) is 13.4. The Kier molecular flexibility index (Phi) is 6.02. The van der Waals surface area contributed by atoms with Gasteiger partial charge in [0, 0.05) is 12.0 Å². The summed E-state index contributed by atoms with van der Waals surface area (Å²) in [6.07, 6.45) is 3.81. The molecule has 1 heterocycles. The number of ether oxygens (including phenoxy) is 1. The maximum Gasteiger partial charge on any atom is 0.511 e. The van der Waals surface area contributed by atoms with Gasteiger partial charge in [0.15, 0.2) is 5.75 Å². The number of hydrogen-bond donors (Lipinski definition) is 1. The van der Waals surface area contributed by atoms with Crippen molar-refractivity contribution in [2.24, 2.45) is 11.8 Å². The fraction of sp³-hybridized carbons (Fsp3) is 0.476. The minimum Gasteiger partial charge on any atom is -0.449 e. The SMILES string of the molecule is CC1CCC(C(=O)N(c2nn(-c3ccccc3)cc2OC(=O)O)C(C)C)CC1. The van der Waals surface area contributed by atoms with Crippen LogP contribution in [-0.4, -0.2) is 33.0 Å². The zero-order valence-corrected chi connectivity index (χ0v) is 16.5. The van der Waals surface area contributed by atoms with Crippen LogP contribution in [0.15, 0.2) is 36.5 Å². The zero-order chi connectivity index (χ0) is 20.3. The molecular formula is C21H27N3O4. The van der Waals surface area contributed by atoms with Gasteiger partial charge in [0.05, 0.1) is 11.9 Å². The number of hydrogen-bond acceptors (Lipinski definition) is 4. The quantitative estimate of drug-likeness (QED) is 0.766. The van der Waals surface area contributed by atoms with Gasteiger partial charge in [-0.15, -0.1) is 5.10 Å². The molecule has 0 radical (unpaired) electrons. The monoisotopic (exact) mass is 385 g/mol. The van der Waals surface area contributed by atoms with Crippen molar-refractivity contribution in [2.45, 2.75) is 52.5 Å². The van der Waals surface area contributed by atoms with Gasteiger partial charge in [0.1, 0.15) is 0 Å². The van der Waals surface area contributed by atoms with Gasteiger partial charge in [0.25, 0.3) is 0 Å². The van der Waals surface area contributed by atoms with Crippen LogP contribution in [0.2, 0.25) is 0 Å². The molecule has 0 atom stereocenters. The number of carboxylic acid groups (broad SMARTS) is 1. The molecule has 1 N–H and O–H groups in total. The number of rotatable bonds is 5. The molecule has 1 aromatic carbocycles. The summed E-state index contributed by atoms with van der Waals surface area (Å²) in [4.78, 5) is 26.1. The molecule has 150 valence electrons. The van der Waals surface area contributed by atoms with E-state index in [9.17, 15) is 9.59 Å². The van der Waals surface area contributed by atoms with Crippen molar-refractivity contribution in [1.29, 1.82) is 0 Å². The highest BCUT2D eigenvalue weighted by molar-refractivity contribution is 5.96. The van der Waals surface area contributed by atoms with E-state index in [1.807, 2.05) is 44.2 Å². The van der Waals surface area contributed by atoms with Crippen LogP contribution in [-0.2, 0) is 4.79 Å². The van der Waals surface area contributed by atoms with Crippen molar-refractivity contribution < 1.29 is 19.4 Å². The number of aromatic nitrogens is 2. The molecule has 1 fully saturated rings. The molecule has 3 rings (SSSR count). The van der Waals surface area contributed by atoms with Crippen LogP contribution >= 0.6 is 0 Å². The Bertz CT molecular complexity index is 823. The molecule has 1 aliphatic carbocycles. The van der Waals surface area contributed by atoms with Crippen molar-refractivity contribution >= 4 is 17.9 Å². The lowest BCUT2D eigenvalue weighted by atomic mass is 9.82. The molecule has 1 saturated carbocycles. The lowest BCUT2D eigenvalue weighted by molar-refractivity contribution is -0.124. The van der Waals surface area contributed by atoms with Gasteiger partial charge in [-0.2, -0.15) is 0 Å². The molecule has 0 unspecified atom stereocenters. The Balaban J connectivity index is 1.98. The smallest absolute Gasteiger partial charge is 0.449 e. The van der Waals surface area contributed by atoms with Crippen molar-refractivity contribution in [3.05, 3.63) is 36.5 Å². The van der Waals surface area contributed by atoms with Crippen LogP contribution in [0, 0.1) is 11.8 Å². The first kappa shape index (κ1) is 19.9. The number of carbonyl (C=O) groups excluding carboxylic acids is 1. The van der Waals surface area contributed by atoms with Gasteiger partial charge in [-0.25, -0.2) is 9.48 Å². The zero-order valence-electron chi connectivity index (χ0n) is 16.5. The fourth-order valence-corrected chi connectivity index (χ4v) is 3.70. The third-order valence-electron chi connectivity index (χ3n) is 5.23. The third-order valence-corrected chi connectivity index (χ3v) is 5.23. The average molecular weight is 385 g/mol. The normalized spacial score (nSPS) is 19.4. The second-order valence-electron chi connectivity index (χ2n) is 7.72. The molecule has 7 nitrogen and oxygen atoms in total. The van der Waals surface area contributed by atoms with Crippen molar-refractivity contribution in [1.82, 2.24) is 9.78 Å². The highest BCUT2D eigenvalue weighted by Crippen LogP contribution is 2.35. The number of nitrogens with zero attached hydrogens (tertiary/aromatic N) is 3. The van der Waals surface area contributed by atoms with Crippen molar-refractivity contribution in [2.75, 3.05) is 4.90 Å². The summed E-state index contributed by atoms with van der Waals surface area (Å²) in [5, 5.41) is 13.7. The topological polar surface area (TPSA) is 84.7 Å². The van der Waals surface area contributed by atoms with E-state index in [-0.39, 0.29) is 29.4 Å². The Morgan fingerprint density at radius 1 is 1.18 bits per heavy atom. The van der Waals surface area contributed by atoms with Crippen LogP contribution in [0.4, 0.5) is 10.6 Å². The van der Waals surface area contributed by atoms with E-state index in [2.05, 4.69) is 12.0 Å². The second kappa shape index (κ2) is 8.46.